The fourth-order valence-electron chi connectivity index (χ4n) is 1.52. The molecule has 1 unspecified atom stereocenters. The Labute approximate surface area is 131 Å². The first-order valence-electron chi connectivity index (χ1n) is 5.24. The van der Waals surface area contributed by atoms with E-state index < -0.39 is 41.7 Å². The number of nitrogens with zero attached hydrogens (tertiary/aromatic N) is 1. The van der Waals surface area contributed by atoms with Crippen LogP contribution >= 0.6 is 27.3 Å². The molecule has 1 aromatic rings. The van der Waals surface area contributed by atoms with E-state index in [0.29, 0.717) is 11.3 Å². The highest BCUT2D eigenvalue weighted by atomic mass is 79.9. The number of carboxylic acids is 1. The molecule has 0 aliphatic heterocycles. The van der Waals surface area contributed by atoms with Gasteiger partial charge in [-0.15, -0.1) is 11.3 Å². The zero-order chi connectivity index (χ0) is 17.3. The molecule has 124 valence electrons. The number of aliphatic carboxylic acids is 1. The molecule has 0 saturated heterocycles. The van der Waals surface area contributed by atoms with Crippen LogP contribution in [0.5, 0.6) is 0 Å². The number of rotatable bonds is 4. The highest BCUT2D eigenvalue weighted by Gasteiger charge is 2.50. The highest BCUT2D eigenvalue weighted by Crippen LogP contribution is 2.34. The second kappa shape index (κ2) is 6.44. The lowest BCUT2D eigenvalue weighted by Crippen LogP contribution is -2.49. The summed E-state index contributed by atoms with van der Waals surface area (Å²) in [5, 5.41) is 10.3. The molecule has 4 nitrogen and oxygen atoms in total. The summed E-state index contributed by atoms with van der Waals surface area (Å²) >= 11 is 3.52. The number of carbonyl (C=O) groups is 2. The van der Waals surface area contributed by atoms with Gasteiger partial charge in [-0.1, -0.05) is 0 Å². The number of hydrogen-bond donors (Lipinski definition) is 1. The number of alkyl halides is 6. The molecule has 22 heavy (non-hydrogen) atoms. The van der Waals surface area contributed by atoms with Crippen LogP contribution in [0.4, 0.5) is 26.3 Å². The Balaban J connectivity index is 3.32. The molecule has 0 radical (unpaired) electrons. The second-order valence-corrected chi connectivity index (χ2v) is 5.81. The summed E-state index contributed by atoms with van der Waals surface area (Å²) in [6.07, 6.45) is -10.8. The molecule has 0 saturated carbocycles. The largest absolute Gasteiger partial charge is 0.479 e. The molecule has 1 rings (SSSR count). The summed E-state index contributed by atoms with van der Waals surface area (Å²) < 4.78 is 75.0. The number of carboxylic acid groups (broad SMARTS) is 1. The quantitative estimate of drug-likeness (QED) is 0.767. The van der Waals surface area contributed by atoms with Gasteiger partial charge in [0.05, 0.1) is 0 Å². The molecule has 1 atom stereocenters. The third-order valence-electron chi connectivity index (χ3n) is 2.26. The zero-order valence-corrected chi connectivity index (χ0v) is 12.6. The fraction of sp³-hybridized carbons (Fsp3) is 0.400. The van der Waals surface area contributed by atoms with Gasteiger partial charge in [-0.25, -0.2) is 4.79 Å². The lowest BCUT2D eigenvalue weighted by Gasteiger charge is -2.29. The average molecular weight is 414 g/mol. The van der Waals surface area contributed by atoms with Crippen LogP contribution in [0.1, 0.15) is 10.9 Å². The Morgan fingerprint density at radius 3 is 2.14 bits per heavy atom. The lowest BCUT2D eigenvalue weighted by atomic mass is 10.2. The maximum Gasteiger partial charge on any atom is 0.471 e. The SMILES string of the molecule is O=C(O)C(c1cc(Br)cs1)N(CC(F)(F)F)C(=O)C(F)(F)F. The molecule has 1 heterocycles. The van der Waals surface area contributed by atoms with E-state index in [4.69, 9.17) is 5.11 Å². The van der Waals surface area contributed by atoms with E-state index in [1.54, 1.807) is 0 Å². The van der Waals surface area contributed by atoms with E-state index in [0.717, 1.165) is 6.07 Å². The van der Waals surface area contributed by atoms with Crippen LogP contribution in [-0.2, 0) is 9.59 Å². The molecule has 1 N–H and O–H groups in total. The van der Waals surface area contributed by atoms with E-state index in [9.17, 15) is 35.9 Å². The summed E-state index contributed by atoms with van der Waals surface area (Å²) in [6, 6.07) is -1.36. The van der Waals surface area contributed by atoms with E-state index in [1.807, 2.05) is 0 Å². The normalized spacial score (nSPS) is 13.8. The van der Waals surface area contributed by atoms with Gasteiger partial charge in [0, 0.05) is 14.7 Å². The molecule has 1 amide bonds. The molecule has 0 aliphatic rings. The third kappa shape index (κ3) is 4.87. The van der Waals surface area contributed by atoms with Gasteiger partial charge in [0.1, 0.15) is 6.54 Å². The number of hydrogen-bond acceptors (Lipinski definition) is 3. The first kappa shape index (κ1) is 18.7. The topological polar surface area (TPSA) is 57.6 Å². The summed E-state index contributed by atoms with van der Waals surface area (Å²) in [7, 11) is 0. The van der Waals surface area contributed by atoms with Gasteiger partial charge in [-0.05, 0) is 22.0 Å². The maximum atomic E-state index is 12.5. The average Bonchev–Trinajstić information content (AvgIpc) is 2.70. The van der Waals surface area contributed by atoms with Gasteiger partial charge >= 0.3 is 24.2 Å². The summed E-state index contributed by atoms with van der Waals surface area (Å²) in [4.78, 5) is 21.2. The third-order valence-corrected chi connectivity index (χ3v) is 4.00. The van der Waals surface area contributed by atoms with E-state index in [-0.39, 0.29) is 9.35 Å². The monoisotopic (exact) mass is 413 g/mol. The molecule has 12 heteroatoms. The predicted molar refractivity (Wildman–Crippen MR) is 66.2 cm³/mol. The van der Waals surface area contributed by atoms with Gasteiger partial charge in [-0.2, -0.15) is 26.3 Å². The van der Waals surface area contributed by atoms with Crippen molar-refractivity contribution in [3.8, 4) is 0 Å². The Bertz CT molecular complexity index is 570. The van der Waals surface area contributed by atoms with Crippen molar-refractivity contribution >= 4 is 39.1 Å². The van der Waals surface area contributed by atoms with Gasteiger partial charge in [-0.3, -0.25) is 4.79 Å². The van der Waals surface area contributed by atoms with Crippen molar-refractivity contribution in [1.82, 2.24) is 4.90 Å². The molecule has 0 spiro atoms. The van der Waals surface area contributed by atoms with E-state index >= 15 is 0 Å². The van der Waals surface area contributed by atoms with Crippen molar-refractivity contribution < 1.29 is 41.0 Å². The minimum absolute atomic E-state index is 0.269. The second-order valence-electron chi connectivity index (χ2n) is 3.95. The predicted octanol–water partition coefficient (Wildman–Crippen LogP) is 3.59. The van der Waals surface area contributed by atoms with Crippen LogP contribution in [-0.4, -0.2) is 40.8 Å². The van der Waals surface area contributed by atoms with Crippen LogP contribution in [0.25, 0.3) is 0 Å². The van der Waals surface area contributed by atoms with E-state index in [1.165, 1.54) is 5.38 Å². The van der Waals surface area contributed by atoms with Gasteiger partial charge in [0.25, 0.3) is 0 Å². The Kier molecular flexibility index (Phi) is 5.49. The molecular formula is C10H6BrF6NO3S. The first-order valence-corrected chi connectivity index (χ1v) is 6.91. The number of carbonyl (C=O) groups excluding carboxylic acids is 1. The zero-order valence-electron chi connectivity index (χ0n) is 10.2. The van der Waals surface area contributed by atoms with Crippen molar-refractivity contribution in [1.29, 1.82) is 0 Å². The van der Waals surface area contributed by atoms with Crippen molar-refractivity contribution in [2.24, 2.45) is 0 Å². The molecule has 0 aliphatic carbocycles. The van der Waals surface area contributed by atoms with Gasteiger partial charge in [0.15, 0.2) is 6.04 Å². The van der Waals surface area contributed by atoms with Crippen LogP contribution < -0.4 is 0 Å². The minimum Gasteiger partial charge on any atom is -0.479 e. The Hall–Kier alpha value is -1.30. The number of thiophene rings is 1. The van der Waals surface area contributed by atoms with Crippen molar-refractivity contribution in [3.05, 3.63) is 20.8 Å². The molecular weight excluding hydrogens is 408 g/mol. The minimum atomic E-state index is -5.63. The van der Waals surface area contributed by atoms with Crippen LogP contribution in [0.2, 0.25) is 0 Å². The highest BCUT2D eigenvalue weighted by molar-refractivity contribution is 9.10. The molecule has 0 fully saturated rings. The smallest absolute Gasteiger partial charge is 0.471 e. The standard InChI is InChI=1S/C10H6BrF6NO3S/c11-4-1-5(22-2-4)6(7(19)20)18(3-9(12,13)14)8(21)10(15,16)17/h1-2,6H,3H2,(H,19,20). The van der Waals surface area contributed by atoms with E-state index in [2.05, 4.69) is 15.9 Å². The van der Waals surface area contributed by atoms with Gasteiger partial charge < -0.3 is 10.0 Å². The van der Waals surface area contributed by atoms with Crippen molar-refractivity contribution in [3.63, 3.8) is 0 Å². The first-order chi connectivity index (χ1) is 9.83. The Morgan fingerprint density at radius 1 is 1.27 bits per heavy atom. The fourth-order valence-corrected chi connectivity index (χ4v) is 3.06. The lowest BCUT2D eigenvalue weighted by molar-refractivity contribution is -0.204. The molecule has 1 aromatic heterocycles. The van der Waals surface area contributed by atoms with Crippen molar-refractivity contribution in [2.45, 2.75) is 18.4 Å². The van der Waals surface area contributed by atoms with Gasteiger partial charge in [0.2, 0.25) is 0 Å². The number of amides is 1. The van der Waals surface area contributed by atoms with Crippen LogP contribution in [0.3, 0.4) is 0 Å². The summed E-state index contributed by atoms with van der Waals surface area (Å²) in [5.41, 5.74) is 0. The molecule has 0 bridgehead atoms. The maximum absolute atomic E-state index is 12.5. The van der Waals surface area contributed by atoms with Crippen molar-refractivity contribution in [2.75, 3.05) is 6.54 Å². The Morgan fingerprint density at radius 2 is 1.82 bits per heavy atom. The summed E-state index contributed by atoms with van der Waals surface area (Å²) in [6.45, 7) is -2.34. The molecule has 0 aromatic carbocycles. The van der Waals surface area contributed by atoms with Crippen LogP contribution in [0, 0.1) is 0 Å². The van der Waals surface area contributed by atoms with Crippen LogP contribution in [0.15, 0.2) is 15.9 Å². The summed E-state index contributed by atoms with van der Waals surface area (Å²) in [5.74, 6) is -4.88. The number of halogens is 7.